The molecule has 1 aliphatic rings. The summed E-state index contributed by atoms with van der Waals surface area (Å²) in [6.07, 6.45) is 1.79. The van der Waals surface area contributed by atoms with Crippen LogP contribution >= 0.6 is 23.6 Å². The van der Waals surface area contributed by atoms with Gasteiger partial charge < -0.3 is 10.1 Å². The lowest BCUT2D eigenvalue weighted by Gasteiger charge is -2.22. The van der Waals surface area contributed by atoms with Crippen molar-refractivity contribution in [3.8, 4) is 0 Å². The van der Waals surface area contributed by atoms with Crippen molar-refractivity contribution in [2.45, 2.75) is 19.4 Å². The first-order valence-corrected chi connectivity index (χ1v) is 10.1. The molecule has 2 aromatic rings. The number of fused-ring (bicyclic) bond motifs is 1. The molecule has 5 nitrogen and oxygen atoms in total. The van der Waals surface area contributed by atoms with E-state index in [0.29, 0.717) is 22.3 Å². The van der Waals surface area contributed by atoms with E-state index in [1.807, 2.05) is 30.5 Å². The number of thiocarbonyl (C=S) groups is 1. The zero-order valence-electron chi connectivity index (χ0n) is 12.6. The van der Waals surface area contributed by atoms with Gasteiger partial charge in [0.25, 0.3) is 5.17 Å². The van der Waals surface area contributed by atoms with Gasteiger partial charge in [0.05, 0.1) is 11.9 Å². The Hall–Kier alpha value is -1.64. The predicted molar refractivity (Wildman–Crippen MR) is 98.2 cm³/mol. The van der Waals surface area contributed by atoms with Gasteiger partial charge in [0.15, 0.2) is 0 Å². The first kappa shape index (κ1) is 16.2. The molecular weight excluding hydrogens is 352 g/mol. The molecule has 23 heavy (non-hydrogen) atoms. The first-order chi connectivity index (χ1) is 10.8. The number of anilines is 3. The highest BCUT2D eigenvalue weighted by Gasteiger charge is 2.23. The van der Waals surface area contributed by atoms with Crippen molar-refractivity contribution in [1.82, 2.24) is 0 Å². The van der Waals surface area contributed by atoms with Crippen LogP contribution in [0.5, 0.6) is 0 Å². The van der Waals surface area contributed by atoms with Gasteiger partial charge in [0, 0.05) is 12.1 Å². The molecule has 1 atom stereocenters. The summed E-state index contributed by atoms with van der Waals surface area (Å²) < 4.78 is 31.4. The van der Waals surface area contributed by atoms with Crippen LogP contribution in [0.15, 0.2) is 35.7 Å². The minimum absolute atomic E-state index is 0.0695. The summed E-state index contributed by atoms with van der Waals surface area (Å²) in [4.78, 5) is 0. The van der Waals surface area contributed by atoms with Crippen molar-refractivity contribution in [2.24, 2.45) is 0 Å². The van der Waals surface area contributed by atoms with Crippen molar-refractivity contribution in [2.75, 3.05) is 15.9 Å². The van der Waals surface area contributed by atoms with Crippen LogP contribution in [-0.4, -0.2) is 26.0 Å². The summed E-state index contributed by atoms with van der Waals surface area (Å²) in [6, 6.07) is 9.10. The Balaban J connectivity index is 2.08. The average molecular weight is 369 g/mol. The van der Waals surface area contributed by atoms with Gasteiger partial charge in [-0.3, -0.25) is 0 Å². The van der Waals surface area contributed by atoms with E-state index in [9.17, 15) is 8.42 Å². The number of rotatable bonds is 3. The minimum Gasteiger partial charge on any atom is -0.467 e. The number of hydrogen-bond acceptors (Lipinski definition) is 5. The monoisotopic (exact) mass is 368 g/mol. The van der Waals surface area contributed by atoms with Crippen molar-refractivity contribution < 1.29 is 13.2 Å². The quantitative estimate of drug-likeness (QED) is 0.840. The molecule has 1 unspecified atom stereocenters. The van der Waals surface area contributed by atoms with Crippen molar-refractivity contribution in [1.29, 1.82) is 0 Å². The maximum Gasteiger partial charge on any atom is 0.261 e. The molecule has 122 valence electrons. The van der Waals surface area contributed by atoms with Gasteiger partial charge in [0.2, 0.25) is 10.0 Å². The van der Waals surface area contributed by atoms with E-state index in [1.165, 1.54) is 21.9 Å². The molecule has 2 heterocycles. The fourth-order valence-corrected chi connectivity index (χ4v) is 4.89. The lowest BCUT2D eigenvalue weighted by Crippen LogP contribution is -2.24. The number of benzene rings is 1. The number of thiophene rings is 1. The number of hydrogen-bond donors (Lipinski definition) is 1. The molecule has 0 spiro atoms. The number of nitrogens with zero attached hydrogens (tertiary/aromatic N) is 1. The molecule has 0 bridgehead atoms. The predicted octanol–water partition coefficient (Wildman–Crippen LogP) is 3.50. The topological polar surface area (TPSA) is 58.6 Å². The SMILES string of the molecule is CC1Cc2cc(N(c3cccs3)S(C)(=O)=O)ccc2NC(=S)O1. The second-order valence-corrected chi connectivity index (χ2v) is 8.49. The van der Waals surface area contributed by atoms with Crippen LogP contribution in [0.3, 0.4) is 0 Å². The zero-order chi connectivity index (χ0) is 16.6. The Morgan fingerprint density at radius 3 is 2.83 bits per heavy atom. The van der Waals surface area contributed by atoms with Gasteiger partial charge >= 0.3 is 0 Å². The van der Waals surface area contributed by atoms with Crippen LogP contribution in [0, 0.1) is 0 Å². The third-order valence-electron chi connectivity index (χ3n) is 3.41. The molecule has 1 aromatic carbocycles. The lowest BCUT2D eigenvalue weighted by molar-refractivity contribution is 0.217. The Morgan fingerprint density at radius 1 is 1.39 bits per heavy atom. The average Bonchev–Trinajstić information content (AvgIpc) is 2.88. The highest BCUT2D eigenvalue weighted by Crippen LogP contribution is 2.35. The Labute approximate surface area is 144 Å². The van der Waals surface area contributed by atoms with Crippen LogP contribution in [0.1, 0.15) is 12.5 Å². The van der Waals surface area contributed by atoms with Crippen molar-refractivity contribution >= 4 is 55.1 Å². The first-order valence-electron chi connectivity index (χ1n) is 6.99. The number of sulfonamides is 1. The fourth-order valence-electron chi connectivity index (χ4n) is 2.54. The summed E-state index contributed by atoms with van der Waals surface area (Å²) in [5, 5.41) is 5.89. The van der Waals surface area contributed by atoms with Gasteiger partial charge in [-0.15, -0.1) is 11.3 Å². The van der Waals surface area contributed by atoms with E-state index >= 15 is 0 Å². The van der Waals surface area contributed by atoms with Gasteiger partial charge in [-0.1, -0.05) is 0 Å². The molecule has 1 N–H and O–H groups in total. The molecule has 1 aromatic heterocycles. The van der Waals surface area contributed by atoms with Crippen LogP contribution in [0.25, 0.3) is 0 Å². The smallest absolute Gasteiger partial charge is 0.261 e. The van der Waals surface area contributed by atoms with Crippen molar-refractivity contribution in [3.05, 3.63) is 41.3 Å². The van der Waals surface area contributed by atoms with Gasteiger partial charge in [-0.05, 0) is 60.4 Å². The number of ether oxygens (including phenoxy) is 1. The van der Waals surface area contributed by atoms with Crippen LogP contribution in [-0.2, 0) is 21.2 Å². The third kappa shape index (κ3) is 3.49. The molecule has 1 aliphatic heterocycles. The maximum absolute atomic E-state index is 12.3. The summed E-state index contributed by atoms with van der Waals surface area (Å²) in [6.45, 7) is 1.93. The second kappa shape index (κ2) is 6.10. The Morgan fingerprint density at radius 2 is 2.17 bits per heavy atom. The maximum atomic E-state index is 12.3. The van der Waals surface area contributed by atoms with Crippen LogP contribution < -0.4 is 9.62 Å². The Bertz CT molecular complexity index is 832. The van der Waals surface area contributed by atoms with E-state index in [4.69, 9.17) is 17.0 Å². The normalized spacial score (nSPS) is 17.7. The molecule has 0 saturated carbocycles. The fraction of sp³-hybridized carbons (Fsp3) is 0.267. The van der Waals surface area contributed by atoms with Crippen molar-refractivity contribution in [3.63, 3.8) is 0 Å². The number of nitrogens with one attached hydrogen (secondary N) is 1. The summed E-state index contributed by atoms with van der Waals surface area (Å²) in [7, 11) is -3.43. The molecular formula is C15H16N2O3S3. The molecule has 3 rings (SSSR count). The largest absolute Gasteiger partial charge is 0.467 e. The van der Waals surface area contributed by atoms with E-state index in [-0.39, 0.29) is 6.10 Å². The molecule has 0 fully saturated rings. The summed E-state index contributed by atoms with van der Waals surface area (Å²) >= 11 is 6.50. The van der Waals surface area contributed by atoms with Crippen LogP contribution in [0.2, 0.25) is 0 Å². The van der Waals surface area contributed by atoms with Gasteiger partial charge in [-0.25, -0.2) is 12.7 Å². The molecule has 0 aliphatic carbocycles. The summed E-state index contributed by atoms with van der Waals surface area (Å²) in [5.74, 6) is 0. The minimum atomic E-state index is -3.43. The molecule has 8 heteroatoms. The molecule has 0 radical (unpaired) electrons. The van der Waals surface area contributed by atoms with Gasteiger partial charge in [0.1, 0.15) is 11.1 Å². The highest BCUT2D eigenvalue weighted by atomic mass is 32.2. The third-order valence-corrected chi connectivity index (χ3v) is 5.65. The lowest BCUT2D eigenvalue weighted by atomic mass is 10.1. The Kier molecular flexibility index (Phi) is 4.31. The summed E-state index contributed by atoms with van der Waals surface area (Å²) in [5.41, 5.74) is 2.43. The van der Waals surface area contributed by atoms with Crippen LogP contribution in [0.4, 0.5) is 16.4 Å². The van der Waals surface area contributed by atoms with Gasteiger partial charge in [-0.2, -0.15) is 0 Å². The molecule has 0 saturated heterocycles. The highest BCUT2D eigenvalue weighted by molar-refractivity contribution is 7.92. The van der Waals surface area contributed by atoms with E-state index in [0.717, 1.165) is 11.3 Å². The second-order valence-electron chi connectivity index (χ2n) is 5.37. The van der Waals surface area contributed by atoms with E-state index < -0.39 is 10.0 Å². The standard InChI is InChI=1S/C15H16N2O3S3/c1-10-8-11-9-12(5-6-13(11)16-15(21)20-10)17(23(2,18)19)14-4-3-7-22-14/h3-7,9-10H,8H2,1-2H3,(H,16,21). The van der Waals surface area contributed by atoms with E-state index in [1.54, 1.807) is 12.1 Å². The van der Waals surface area contributed by atoms with E-state index in [2.05, 4.69) is 5.32 Å². The molecule has 0 amide bonds. The zero-order valence-corrected chi connectivity index (χ0v) is 15.1.